The van der Waals surface area contributed by atoms with Crippen LogP contribution in [-0.2, 0) is 53.2 Å². The number of carbonyl (C=O) groups excluding carboxylic acids is 5. The number of benzene rings is 4. The number of methoxy groups -OCH3 is 1. The number of aryl methyl sites for hydroxylation is 1. The Morgan fingerprint density at radius 1 is 0.583 bits per heavy atom. The Morgan fingerprint density at radius 2 is 1.20 bits per heavy atom. The summed E-state index contributed by atoms with van der Waals surface area (Å²) in [7, 11) is 11.5. The van der Waals surface area contributed by atoms with Crippen molar-refractivity contribution in [3.8, 4) is 66.9 Å². The Hall–Kier alpha value is -13.0. The number of hydrogen-bond donors (Lipinski definition) is 5. The van der Waals surface area contributed by atoms with E-state index in [4.69, 9.17) is 50.3 Å². The average molecular weight is 1870 g/mol. The Labute approximate surface area is 755 Å². The van der Waals surface area contributed by atoms with Gasteiger partial charge in [0.05, 0.1) is 83.9 Å². The lowest BCUT2D eigenvalue weighted by atomic mass is 9.77. The van der Waals surface area contributed by atoms with Gasteiger partial charge >= 0.3 is 6.36 Å². The first kappa shape index (κ1) is 93.2. The molecule has 16 rings (SSSR count). The number of hydrogen-bond acceptors (Lipinski definition) is 27. The van der Waals surface area contributed by atoms with Crippen molar-refractivity contribution in [2.75, 3.05) is 60.3 Å². The highest BCUT2D eigenvalue weighted by atomic mass is 79.9. The van der Waals surface area contributed by atoms with E-state index >= 15 is 0 Å². The maximum Gasteiger partial charge on any atom is 0.573 e. The highest BCUT2D eigenvalue weighted by Crippen LogP contribution is 2.49. The molecule has 6 aromatic heterocycles. The summed E-state index contributed by atoms with van der Waals surface area (Å²) in [4.78, 5) is 110. The van der Waals surface area contributed by atoms with Crippen LogP contribution in [0.5, 0.6) is 11.5 Å². The second-order valence-corrected chi connectivity index (χ2v) is 36.2. The van der Waals surface area contributed by atoms with Crippen molar-refractivity contribution in [1.82, 2.24) is 49.2 Å². The fraction of sp³-hybridized carbons (Fsp3) is 0.318. The number of pyridine rings is 2. The molecule has 0 spiro atoms. The maximum atomic E-state index is 13.5. The minimum Gasteiger partial charge on any atom is -0.495 e. The van der Waals surface area contributed by atoms with Crippen molar-refractivity contribution in [2.45, 2.75) is 113 Å². The van der Waals surface area contributed by atoms with Gasteiger partial charge in [-0.1, -0.05) is 70.0 Å². The highest BCUT2D eigenvalue weighted by molar-refractivity contribution is 9.10. The third kappa shape index (κ3) is 20.8. The number of alkyl halides is 3. The molecule has 660 valence electrons. The number of carbonyl (C=O) groups is 5. The van der Waals surface area contributed by atoms with E-state index < -0.39 is 45.8 Å². The van der Waals surface area contributed by atoms with Crippen LogP contribution in [0.15, 0.2) is 193 Å². The number of thiophene rings is 2. The van der Waals surface area contributed by atoms with Crippen molar-refractivity contribution < 1.29 is 51.0 Å². The monoisotopic (exact) mass is 1870 g/mol. The molecule has 5 amide bonds. The number of piperidine rings is 1. The van der Waals surface area contributed by atoms with E-state index in [-0.39, 0.29) is 83.4 Å². The number of aliphatic imine (C=N–C) groups is 5. The lowest BCUT2D eigenvalue weighted by Crippen LogP contribution is -2.54. The average Bonchev–Trinajstić information content (AvgIpc) is 1.73. The Balaban J connectivity index is 0.000000146. The number of nitriles is 2. The number of amides is 5. The van der Waals surface area contributed by atoms with Crippen LogP contribution in [0.2, 0.25) is 5.02 Å². The van der Waals surface area contributed by atoms with Gasteiger partial charge in [-0.25, -0.2) is 39.3 Å². The number of ether oxygens (including phenoxy) is 2. The zero-order valence-electron chi connectivity index (χ0n) is 71.2. The molecule has 2 unspecified atom stereocenters. The van der Waals surface area contributed by atoms with Crippen molar-refractivity contribution in [2.24, 2.45) is 66.6 Å². The second kappa shape index (κ2) is 37.7. The third-order valence-electron chi connectivity index (χ3n) is 22.6. The van der Waals surface area contributed by atoms with E-state index in [1.165, 1.54) is 90.6 Å². The molecule has 0 bridgehead atoms. The van der Waals surface area contributed by atoms with Gasteiger partial charge in [-0.3, -0.25) is 58.1 Å². The number of rotatable bonds is 13. The first-order valence-corrected chi connectivity index (χ1v) is 43.1. The van der Waals surface area contributed by atoms with Gasteiger partial charge in [0, 0.05) is 115 Å². The highest BCUT2D eigenvalue weighted by Gasteiger charge is 2.49. The summed E-state index contributed by atoms with van der Waals surface area (Å²) in [6.45, 7) is 11.2. The lowest BCUT2D eigenvalue weighted by Gasteiger charge is -2.44. The molecule has 6 aliphatic rings. The Morgan fingerprint density at radius 3 is 1.83 bits per heavy atom. The molecular formula is C88H91BrClF4N23O7S3. The molecule has 0 saturated carbocycles. The van der Waals surface area contributed by atoms with Gasteiger partial charge in [0.15, 0.2) is 29.8 Å². The molecule has 39 heteroatoms. The van der Waals surface area contributed by atoms with Crippen molar-refractivity contribution in [3.05, 3.63) is 216 Å². The maximum absolute atomic E-state index is 13.5. The number of halogens is 6. The first-order valence-electron chi connectivity index (χ1n) is 39.5. The van der Waals surface area contributed by atoms with Crippen LogP contribution in [0.25, 0.3) is 43.3 Å². The number of thiazole rings is 1. The number of anilines is 1. The molecule has 1 saturated heterocycles. The predicted octanol–water partition coefficient (Wildman–Crippen LogP) is 13.5. The van der Waals surface area contributed by atoms with Gasteiger partial charge < -0.3 is 43.0 Å². The number of aromatic nitrogens is 5. The number of nitrogens with zero attached hydrogens (tertiary/aromatic N) is 18. The predicted molar refractivity (Wildman–Crippen MR) is 485 cm³/mol. The van der Waals surface area contributed by atoms with Crippen molar-refractivity contribution in [1.29, 1.82) is 10.5 Å². The van der Waals surface area contributed by atoms with Crippen LogP contribution >= 0.6 is 61.5 Å². The van der Waals surface area contributed by atoms with Gasteiger partial charge in [-0.15, -0.1) is 47.2 Å². The number of likely N-dealkylation sites (N-methyl/N-ethyl adjacent to an activating group) is 1. The molecule has 4 aromatic carbocycles. The molecular weight excluding hydrogens is 1780 g/mol. The van der Waals surface area contributed by atoms with Crippen LogP contribution in [-0.4, -0.2) is 176 Å². The Kier molecular flexibility index (Phi) is 27.6. The summed E-state index contributed by atoms with van der Waals surface area (Å²) < 4.78 is 63.1. The van der Waals surface area contributed by atoms with E-state index in [1.54, 1.807) is 120 Å². The second-order valence-electron chi connectivity index (χ2n) is 31.8. The van der Waals surface area contributed by atoms with Gasteiger partial charge in [-0.05, 0) is 166 Å². The molecule has 127 heavy (non-hydrogen) atoms. The summed E-state index contributed by atoms with van der Waals surface area (Å²) in [5, 5.41) is 26.1. The smallest absolute Gasteiger partial charge is 0.495 e. The summed E-state index contributed by atoms with van der Waals surface area (Å²) in [6.07, 6.45) is 5.19. The van der Waals surface area contributed by atoms with E-state index in [1.807, 2.05) is 106 Å². The van der Waals surface area contributed by atoms with E-state index in [0.29, 0.717) is 51.3 Å². The standard InChI is InChI=1S/C24H19F3N4O2S.C16H18BrN5O.C16H22ClN5O.C16H14FN5OS.C16H18N4O2S/c1-23(19-11-10-18(34-19)16-5-3-4-14(12-16)13-28)20(21(32)31(2)22(29)30-23)15-6-8-17(9-7-15)33-24(25,26)27;1-16(9-14(23)21(2)15(18)19-16)13-8-12(20-22(13)3)10-5-4-6-11(17)7-10;1-16(9-14(23)21(2)15(18)20-16)11-4-3-7-22(10-11)13-8-12(17)5-6-19-13;1-16(6-13(23)22(2)15(19)21-16)14-20-8-12(24-14)9-3-4-11(17)10(5-9)7-18;1-16(6-14(21)20(2)15(17)19-16)13-5-11(9-23-13)10-4-12(22-3)8-18-7-10/h3-12,20H,1-2H3,(H2,29,30);4-8H,9H2,1-3H3,(H2,18,19);5-6,8,11H,3-4,7,9-10H2,1-2H3,(H2,18,20);3-5,8H,6H2,1-2H3,(H2,19,21);4-5,7-9H,6H2,1-3H3,(H2,17,19)/t20?,23-;16-;11?,16-;2*16-/m10000/s1. The molecule has 30 nitrogen and oxygen atoms in total. The van der Waals surface area contributed by atoms with Gasteiger partial charge in [0.2, 0.25) is 29.5 Å². The summed E-state index contributed by atoms with van der Waals surface area (Å²) in [5.41, 5.74) is 33.0. The minimum atomic E-state index is -4.81. The van der Waals surface area contributed by atoms with Crippen LogP contribution in [0, 0.1) is 34.4 Å². The molecule has 0 radical (unpaired) electrons. The molecule has 1 fully saturated rings. The molecule has 10 aromatic rings. The molecule has 7 atom stereocenters. The Bertz CT molecular complexity index is 6140. The molecule has 12 heterocycles. The van der Waals surface area contributed by atoms with Gasteiger partial charge in [0.1, 0.15) is 56.4 Å². The minimum absolute atomic E-state index is 0.0228. The summed E-state index contributed by atoms with van der Waals surface area (Å²) >= 11 is 13.9. The van der Waals surface area contributed by atoms with Crippen LogP contribution in [0.4, 0.5) is 23.4 Å². The zero-order chi connectivity index (χ0) is 92.2. The van der Waals surface area contributed by atoms with Crippen molar-refractivity contribution in [3.63, 3.8) is 0 Å². The topological polar surface area (TPSA) is 419 Å². The van der Waals surface area contributed by atoms with Gasteiger partial charge in [-0.2, -0.15) is 15.6 Å². The van der Waals surface area contributed by atoms with E-state index in [2.05, 4.69) is 76.6 Å². The summed E-state index contributed by atoms with van der Waals surface area (Å²) in [6, 6.07) is 41.9. The van der Waals surface area contributed by atoms with Crippen molar-refractivity contribution >= 4 is 127 Å². The normalized spacial score (nSPS) is 22.4. The fourth-order valence-electron chi connectivity index (χ4n) is 15.2. The molecule has 0 aliphatic carbocycles. The number of nitrogens with two attached hydrogens (primary N) is 5. The molecule has 6 aliphatic heterocycles. The lowest BCUT2D eigenvalue weighted by molar-refractivity contribution is -0.274. The first-order chi connectivity index (χ1) is 60.0. The third-order valence-corrected chi connectivity index (χ3v) is 27.2. The SMILES string of the molecule is CN1C(=O)C(c2ccc(OC(F)(F)F)cc2)[C@@](C)(c2ccc(-c3cccc(C#N)c3)s2)N=C1N.CN1C(=O)C[C@@](C)(C2CCCN(c3cc(Cl)ccn3)C2)N=C1N.CN1C(=O)C[C@@](C)(c2cc(-c3cccc(Br)c3)nn2C)N=C1N.CN1C(=O)C[C@@](C)(c2ncc(-c3ccc(F)c(C#N)c3)s2)N=C1N.COc1cncc(-c2csc([C@]3(C)CC(=O)N(C)C(N)=N3)c2)c1. The fourth-order valence-corrected chi connectivity index (χ4v) is 18.9. The van der Waals surface area contributed by atoms with E-state index in [9.17, 15) is 46.8 Å². The van der Waals surface area contributed by atoms with Crippen LogP contribution < -0.4 is 43.0 Å². The molecule has 10 N–H and O–H groups in total. The number of guanidine groups is 5. The van der Waals surface area contributed by atoms with Crippen LogP contribution in [0.3, 0.4) is 0 Å². The van der Waals surface area contributed by atoms with Crippen LogP contribution in [0.1, 0.15) is 116 Å². The van der Waals surface area contributed by atoms with Gasteiger partial charge in [0.25, 0.3) is 0 Å². The zero-order valence-corrected chi connectivity index (χ0v) is 76.0. The largest absolute Gasteiger partial charge is 0.573 e. The summed E-state index contributed by atoms with van der Waals surface area (Å²) in [5.74, 6) is 0.538. The van der Waals surface area contributed by atoms with E-state index in [0.717, 1.165) is 89.4 Å². The quantitative estimate of drug-likeness (QED) is 0.0669.